The summed E-state index contributed by atoms with van der Waals surface area (Å²) in [4.78, 5) is 26.0. The van der Waals surface area contributed by atoms with Crippen LogP contribution in [0, 0.1) is 11.8 Å². The van der Waals surface area contributed by atoms with Gasteiger partial charge in [0.15, 0.2) is 0 Å². The second-order valence-electron chi connectivity index (χ2n) is 7.98. The highest BCUT2D eigenvalue weighted by Gasteiger charge is 2.40. The molecule has 2 saturated heterocycles. The van der Waals surface area contributed by atoms with Gasteiger partial charge in [-0.2, -0.15) is 5.10 Å². The van der Waals surface area contributed by atoms with Crippen LogP contribution in [0.25, 0.3) is 0 Å². The van der Waals surface area contributed by atoms with Crippen LogP contribution >= 0.6 is 0 Å². The minimum atomic E-state index is 0.0137. The summed E-state index contributed by atoms with van der Waals surface area (Å²) in [7, 11) is 1.71. The van der Waals surface area contributed by atoms with E-state index in [2.05, 4.69) is 30.9 Å². The van der Waals surface area contributed by atoms with Gasteiger partial charge in [0.05, 0.1) is 0 Å². The lowest BCUT2D eigenvalue weighted by Crippen LogP contribution is -2.32. The van der Waals surface area contributed by atoms with Gasteiger partial charge in [-0.3, -0.25) is 9.69 Å². The Balaban J connectivity index is 1.24. The van der Waals surface area contributed by atoms with E-state index in [1.54, 1.807) is 19.6 Å². The number of likely N-dealkylation sites (tertiary alicyclic amines) is 1. The molecule has 2 aliphatic heterocycles. The van der Waals surface area contributed by atoms with Crippen LogP contribution in [0.3, 0.4) is 0 Å². The van der Waals surface area contributed by atoms with E-state index in [0.717, 1.165) is 44.1 Å². The highest BCUT2D eigenvalue weighted by Crippen LogP contribution is 2.40. The van der Waals surface area contributed by atoms with Crippen molar-refractivity contribution in [3.05, 3.63) is 46.3 Å². The Bertz CT molecular complexity index is 862. The van der Waals surface area contributed by atoms with Gasteiger partial charge in [0.2, 0.25) is 0 Å². The van der Waals surface area contributed by atoms with E-state index in [-0.39, 0.29) is 5.56 Å². The molecule has 2 atom stereocenters. The number of rotatable bonds is 4. The van der Waals surface area contributed by atoms with Gasteiger partial charge >= 0.3 is 0 Å². The number of anilines is 1. The SMILES string of the molecule is Cn1nccc(CN2CC3CN(c4cc(C5CC5)ncn4)CC3C2)c1=O. The predicted molar refractivity (Wildman–Crippen MR) is 98.0 cm³/mol. The minimum Gasteiger partial charge on any atom is -0.356 e. The van der Waals surface area contributed by atoms with Crippen molar-refractivity contribution < 1.29 is 0 Å². The summed E-state index contributed by atoms with van der Waals surface area (Å²) in [5, 5.41) is 4.01. The topological polar surface area (TPSA) is 67.2 Å². The summed E-state index contributed by atoms with van der Waals surface area (Å²) >= 11 is 0. The summed E-state index contributed by atoms with van der Waals surface area (Å²) < 4.78 is 1.42. The fraction of sp³-hybridized carbons (Fsp3) is 0.579. The molecule has 2 aromatic heterocycles. The third kappa shape index (κ3) is 2.90. The molecule has 136 valence electrons. The first-order valence-corrected chi connectivity index (χ1v) is 9.48. The Labute approximate surface area is 152 Å². The fourth-order valence-electron chi connectivity index (χ4n) is 4.46. The number of nitrogens with zero attached hydrogens (tertiary/aromatic N) is 6. The maximum absolute atomic E-state index is 12.2. The van der Waals surface area contributed by atoms with E-state index < -0.39 is 0 Å². The summed E-state index contributed by atoms with van der Waals surface area (Å²) in [6.07, 6.45) is 5.97. The lowest BCUT2D eigenvalue weighted by molar-refractivity contribution is 0.306. The summed E-state index contributed by atoms with van der Waals surface area (Å²) in [5.74, 6) is 3.06. The molecule has 3 fully saturated rings. The number of aromatic nitrogens is 4. The zero-order valence-electron chi connectivity index (χ0n) is 15.1. The van der Waals surface area contributed by atoms with Crippen LogP contribution in [0.2, 0.25) is 0 Å². The van der Waals surface area contributed by atoms with Gasteiger partial charge in [-0.1, -0.05) is 0 Å². The third-order valence-electron chi connectivity index (χ3n) is 6.03. The van der Waals surface area contributed by atoms with Gasteiger partial charge < -0.3 is 4.90 Å². The van der Waals surface area contributed by atoms with Gasteiger partial charge in [-0.25, -0.2) is 14.6 Å². The molecule has 2 unspecified atom stereocenters. The monoisotopic (exact) mass is 352 g/mol. The number of fused-ring (bicyclic) bond motifs is 1. The molecule has 7 heteroatoms. The lowest BCUT2D eigenvalue weighted by atomic mass is 10.0. The Morgan fingerprint density at radius 3 is 2.62 bits per heavy atom. The van der Waals surface area contributed by atoms with E-state index in [9.17, 15) is 4.79 Å². The largest absolute Gasteiger partial charge is 0.356 e. The van der Waals surface area contributed by atoms with Crippen LogP contribution < -0.4 is 10.5 Å². The van der Waals surface area contributed by atoms with Crippen LogP contribution in [0.1, 0.15) is 30.0 Å². The zero-order valence-corrected chi connectivity index (χ0v) is 15.1. The van der Waals surface area contributed by atoms with Crippen molar-refractivity contribution in [2.75, 3.05) is 31.1 Å². The normalized spacial score (nSPS) is 25.7. The molecular formula is C19H24N6O. The van der Waals surface area contributed by atoms with Gasteiger partial charge in [0.25, 0.3) is 5.56 Å². The first kappa shape index (κ1) is 15.9. The Kier molecular flexibility index (Phi) is 3.77. The van der Waals surface area contributed by atoms with Gasteiger partial charge in [0, 0.05) is 69.2 Å². The van der Waals surface area contributed by atoms with Crippen molar-refractivity contribution in [1.82, 2.24) is 24.6 Å². The Morgan fingerprint density at radius 2 is 1.88 bits per heavy atom. The van der Waals surface area contributed by atoms with Crippen LogP contribution in [-0.2, 0) is 13.6 Å². The van der Waals surface area contributed by atoms with Crippen molar-refractivity contribution in [2.24, 2.45) is 18.9 Å². The van der Waals surface area contributed by atoms with Gasteiger partial charge in [0.1, 0.15) is 12.1 Å². The molecule has 0 amide bonds. The molecule has 26 heavy (non-hydrogen) atoms. The molecule has 4 heterocycles. The fourth-order valence-corrected chi connectivity index (χ4v) is 4.46. The highest BCUT2D eigenvalue weighted by molar-refractivity contribution is 5.42. The van der Waals surface area contributed by atoms with Crippen LogP contribution in [0.4, 0.5) is 5.82 Å². The summed E-state index contributed by atoms with van der Waals surface area (Å²) in [6, 6.07) is 4.04. The van der Waals surface area contributed by atoms with Gasteiger partial charge in [-0.15, -0.1) is 0 Å². The molecule has 5 rings (SSSR count). The van der Waals surface area contributed by atoms with E-state index in [0.29, 0.717) is 17.8 Å². The first-order chi connectivity index (χ1) is 12.7. The standard InChI is InChI=1S/C19H24N6O/c1-23-19(26)14(4-5-22-23)7-24-8-15-10-25(11-16(15)9-24)18-6-17(13-2-3-13)20-12-21-18/h4-6,12-13,15-16H,2-3,7-11H2,1H3. The Hall–Kier alpha value is -2.28. The lowest BCUT2D eigenvalue weighted by Gasteiger charge is -2.22. The molecule has 0 aromatic carbocycles. The molecule has 7 nitrogen and oxygen atoms in total. The molecule has 0 bridgehead atoms. The average molecular weight is 352 g/mol. The molecule has 1 saturated carbocycles. The van der Waals surface area contributed by atoms with Gasteiger partial charge in [-0.05, 0) is 30.7 Å². The minimum absolute atomic E-state index is 0.0137. The van der Waals surface area contributed by atoms with Crippen molar-refractivity contribution in [1.29, 1.82) is 0 Å². The molecule has 0 N–H and O–H groups in total. The highest BCUT2D eigenvalue weighted by atomic mass is 16.1. The van der Waals surface area contributed by atoms with Crippen LogP contribution in [0.15, 0.2) is 29.5 Å². The summed E-state index contributed by atoms with van der Waals surface area (Å²) in [5.41, 5.74) is 2.06. The second-order valence-corrected chi connectivity index (χ2v) is 7.98. The first-order valence-electron chi connectivity index (χ1n) is 9.48. The van der Waals surface area contributed by atoms with Crippen LogP contribution in [0.5, 0.6) is 0 Å². The van der Waals surface area contributed by atoms with Crippen molar-refractivity contribution in [3.8, 4) is 0 Å². The van der Waals surface area contributed by atoms with E-state index in [1.165, 1.54) is 23.2 Å². The maximum Gasteiger partial charge on any atom is 0.270 e. The second kappa shape index (κ2) is 6.16. The number of hydrogen-bond donors (Lipinski definition) is 0. The van der Waals surface area contributed by atoms with E-state index in [4.69, 9.17) is 0 Å². The zero-order chi connectivity index (χ0) is 17.7. The summed E-state index contributed by atoms with van der Waals surface area (Å²) in [6.45, 7) is 4.93. The third-order valence-corrected chi connectivity index (χ3v) is 6.03. The van der Waals surface area contributed by atoms with E-state index >= 15 is 0 Å². The Morgan fingerprint density at radius 1 is 1.12 bits per heavy atom. The molecular weight excluding hydrogens is 328 g/mol. The molecule has 0 radical (unpaired) electrons. The molecule has 3 aliphatic rings. The number of hydrogen-bond acceptors (Lipinski definition) is 6. The van der Waals surface area contributed by atoms with E-state index in [1.807, 2.05) is 6.07 Å². The van der Waals surface area contributed by atoms with Crippen LogP contribution in [-0.4, -0.2) is 50.8 Å². The van der Waals surface area contributed by atoms with Crippen molar-refractivity contribution in [3.63, 3.8) is 0 Å². The molecule has 2 aromatic rings. The predicted octanol–water partition coefficient (Wildman–Crippen LogP) is 1.02. The molecule has 1 aliphatic carbocycles. The molecule has 0 spiro atoms. The maximum atomic E-state index is 12.2. The van der Waals surface area contributed by atoms with Crippen molar-refractivity contribution in [2.45, 2.75) is 25.3 Å². The average Bonchev–Trinajstić information content (AvgIpc) is 3.32. The smallest absolute Gasteiger partial charge is 0.270 e. The van der Waals surface area contributed by atoms with Crippen molar-refractivity contribution >= 4 is 5.82 Å². The number of aryl methyl sites for hydroxylation is 1. The quantitative estimate of drug-likeness (QED) is 0.818.